The molecule has 3 aromatic heterocycles. The highest BCUT2D eigenvalue weighted by Crippen LogP contribution is 2.59. The van der Waals surface area contributed by atoms with E-state index < -0.39 is 35.2 Å². The topological polar surface area (TPSA) is 249 Å². The van der Waals surface area contributed by atoms with Gasteiger partial charge in [-0.1, -0.05) is 56.6 Å². The Balaban J connectivity index is 0.661. The molecule has 2 aliphatic heterocycles. The second kappa shape index (κ2) is 23.8. The summed E-state index contributed by atoms with van der Waals surface area (Å²) in [4.78, 5) is 82.5. The van der Waals surface area contributed by atoms with Crippen molar-refractivity contribution >= 4 is 63.9 Å². The van der Waals surface area contributed by atoms with Gasteiger partial charge in [-0.25, -0.2) is 15.0 Å². The van der Waals surface area contributed by atoms with Crippen LogP contribution in [0.3, 0.4) is 0 Å². The molecular weight excluding hydrogens is 980 g/mol. The predicted molar refractivity (Wildman–Crippen MR) is 275 cm³/mol. The number of carbonyl (C=O) groups is 4. The van der Waals surface area contributed by atoms with Crippen LogP contribution in [0.25, 0.3) is 10.4 Å². The molecule has 4 aliphatic rings. The Hall–Kier alpha value is -5.55. The normalized spacial score (nSPS) is 18.9. The fourth-order valence-corrected chi connectivity index (χ4v) is 10.8. The first-order chi connectivity index (χ1) is 35.0. The van der Waals surface area contributed by atoms with Gasteiger partial charge in [0, 0.05) is 38.5 Å². The van der Waals surface area contributed by atoms with Crippen LogP contribution in [0.15, 0.2) is 53.0 Å². The molecule has 22 heteroatoms. The smallest absolute Gasteiger partial charge is 0.276 e. The highest BCUT2D eigenvalue weighted by molar-refractivity contribution is 7.13. The fourth-order valence-electron chi connectivity index (χ4n) is 9.69. The van der Waals surface area contributed by atoms with Gasteiger partial charge in [0.05, 0.1) is 80.1 Å². The van der Waals surface area contributed by atoms with Gasteiger partial charge in [-0.3, -0.25) is 28.5 Å². The molecule has 4 amide bonds. The molecule has 5 heterocycles. The average molecular weight is 1050 g/mol. The van der Waals surface area contributed by atoms with Gasteiger partial charge >= 0.3 is 0 Å². The number of pyridine rings is 1. The number of thiazole rings is 1. The average Bonchev–Trinajstić information content (AvgIpc) is 3.62. The van der Waals surface area contributed by atoms with Crippen LogP contribution in [0.5, 0.6) is 0 Å². The van der Waals surface area contributed by atoms with Crippen molar-refractivity contribution in [2.45, 2.75) is 109 Å². The van der Waals surface area contributed by atoms with Crippen LogP contribution in [0.2, 0.25) is 5.02 Å². The van der Waals surface area contributed by atoms with E-state index in [-0.39, 0.29) is 78.8 Å². The number of hydrogen-bond acceptors (Lipinski definition) is 16. The minimum Gasteiger partial charge on any atom is -0.391 e. The molecule has 3 fully saturated rings. The summed E-state index contributed by atoms with van der Waals surface area (Å²) >= 11 is 8.16. The first-order valence-corrected chi connectivity index (χ1v) is 26.3. The number of fused-ring (bicyclic) bond motifs is 2. The summed E-state index contributed by atoms with van der Waals surface area (Å²) in [6.07, 6.45) is 6.36. The van der Waals surface area contributed by atoms with Gasteiger partial charge in [0.15, 0.2) is 0 Å². The summed E-state index contributed by atoms with van der Waals surface area (Å²) in [7, 11) is 0. The van der Waals surface area contributed by atoms with Crippen LogP contribution < -0.4 is 32.1 Å². The van der Waals surface area contributed by atoms with E-state index in [1.54, 1.807) is 22.0 Å². The number of carbonyl (C=O) groups excluding carboxylic acids is 4. The summed E-state index contributed by atoms with van der Waals surface area (Å²) in [5.74, 6) is -0.578. The van der Waals surface area contributed by atoms with Crippen molar-refractivity contribution < 1.29 is 43.2 Å². The fraction of sp³-hybridized carbons (Fsp3) is 0.569. The third-order valence-corrected chi connectivity index (χ3v) is 15.3. The number of ether oxygens (including phenoxy) is 4. The quantitative estimate of drug-likeness (QED) is 0.0511. The van der Waals surface area contributed by atoms with E-state index in [2.05, 4.69) is 41.5 Å². The minimum absolute atomic E-state index is 0.0123. The number of likely N-dealkylation sites (tertiary alicyclic amines) is 1. The van der Waals surface area contributed by atoms with E-state index >= 15 is 0 Å². The van der Waals surface area contributed by atoms with Gasteiger partial charge in [0.2, 0.25) is 17.7 Å². The van der Waals surface area contributed by atoms with Crippen molar-refractivity contribution in [2.75, 3.05) is 76.6 Å². The molecule has 2 unspecified atom stereocenters. The summed E-state index contributed by atoms with van der Waals surface area (Å²) in [5.41, 5.74) is 3.73. The van der Waals surface area contributed by atoms with Crippen LogP contribution >= 0.6 is 22.9 Å². The number of nitrogens with zero attached hydrogens (tertiary/aromatic N) is 5. The van der Waals surface area contributed by atoms with Crippen molar-refractivity contribution in [3.63, 3.8) is 0 Å². The molecule has 1 saturated heterocycles. The summed E-state index contributed by atoms with van der Waals surface area (Å²) < 4.78 is 24.0. The molecule has 0 bridgehead atoms. The molecule has 2 saturated carbocycles. The standard InChI is InChI=1S/C51H67ClN10O10S/c1-32-43(73-31-57-32)34-7-5-33(6-8-34)28-54-45(65)38-25-35(63)29-61(38)48(68)44(49(2,3)4)59-41(64)9-17-69-19-21-71-23-24-72-22-20-70-18-16-53-39-27-40(56-30-55-39)58-37-26-36(52)42-46(66)60-51(62(42)47(37)67)14-12-50(10-11-50)13-15-51/h5-8,26-27,30-31,35,38,44,63H,9-25,28-29H2,1-4H3,(H,54,65)(H,59,64)(H,60,66)(H2,53,55,56,58)/t35-,38?,44?/m1/s1. The number of aliphatic hydroxyl groups excluding tert-OH is 1. The molecule has 3 atom stereocenters. The second-order valence-corrected chi connectivity index (χ2v) is 21.6. The first kappa shape index (κ1) is 53.7. The van der Waals surface area contributed by atoms with Crippen molar-refractivity contribution in [1.82, 2.24) is 40.4 Å². The van der Waals surface area contributed by atoms with E-state index in [4.69, 9.17) is 30.5 Å². The van der Waals surface area contributed by atoms with Gasteiger partial charge in [-0.2, -0.15) is 0 Å². The second-order valence-electron chi connectivity index (χ2n) is 20.4. The van der Waals surface area contributed by atoms with Crippen LogP contribution in [0, 0.1) is 17.8 Å². The number of hydrogen-bond donors (Lipinski definition) is 6. The summed E-state index contributed by atoms with van der Waals surface area (Å²) in [6.45, 7) is 10.7. The number of rotatable bonds is 24. The Morgan fingerprint density at radius 2 is 1.53 bits per heavy atom. The maximum absolute atomic E-state index is 14.0. The molecule has 6 N–H and O–H groups in total. The highest BCUT2D eigenvalue weighted by Gasteiger charge is 2.54. The summed E-state index contributed by atoms with van der Waals surface area (Å²) in [5, 5.41) is 25.9. The monoisotopic (exact) mass is 1050 g/mol. The largest absolute Gasteiger partial charge is 0.391 e. The molecule has 0 radical (unpaired) electrons. The Morgan fingerprint density at radius 3 is 2.18 bits per heavy atom. The lowest BCUT2D eigenvalue weighted by molar-refractivity contribution is -0.144. The van der Waals surface area contributed by atoms with E-state index in [1.807, 2.05) is 57.5 Å². The third kappa shape index (κ3) is 13.4. The lowest BCUT2D eigenvalue weighted by atomic mass is 9.79. The van der Waals surface area contributed by atoms with Gasteiger partial charge in [-0.05, 0) is 73.5 Å². The molecule has 1 aromatic carbocycles. The number of anilines is 3. The number of halogens is 1. The number of aromatic nitrogens is 4. The number of nitrogens with one attached hydrogen (secondary N) is 5. The van der Waals surface area contributed by atoms with E-state index in [1.165, 1.54) is 30.1 Å². The zero-order chi connectivity index (χ0) is 51.8. The van der Waals surface area contributed by atoms with Crippen molar-refractivity contribution in [3.05, 3.63) is 80.6 Å². The van der Waals surface area contributed by atoms with Crippen LogP contribution in [-0.2, 0) is 45.5 Å². The number of aryl methyl sites for hydroxylation is 1. The number of benzene rings is 1. The number of aliphatic hydroxyl groups is 1. The minimum atomic E-state index is -0.939. The molecule has 8 rings (SSSR count). The maximum Gasteiger partial charge on any atom is 0.276 e. The van der Waals surface area contributed by atoms with Crippen LogP contribution in [0.4, 0.5) is 17.3 Å². The van der Waals surface area contributed by atoms with Gasteiger partial charge in [0.25, 0.3) is 11.5 Å². The Kier molecular flexibility index (Phi) is 17.5. The maximum atomic E-state index is 14.0. The molecule has 73 heavy (non-hydrogen) atoms. The molecule has 20 nitrogen and oxygen atoms in total. The SMILES string of the molecule is Cc1ncsc1-c1ccc(CNC(=O)C2C[C@@H](O)CN2C(=O)C(NC(=O)CCOCCOCCOCCOCCNc2cc(Nc3cc(Cl)c4n(c3=O)C3(CCC5(CC5)CC3)NC4=O)ncn2)C(C)(C)C)cc1. The van der Waals surface area contributed by atoms with Gasteiger partial charge in [-0.15, -0.1) is 11.3 Å². The predicted octanol–water partition coefficient (Wildman–Crippen LogP) is 4.90. The Morgan fingerprint density at radius 1 is 0.890 bits per heavy atom. The zero-order valence-corrected chi connectivity index (χ0v) is 43.5. The number of β-amino-alcohol motifs (C(OH)–C–C–N with tert-alkyl or cyclic N) is 1. The van der Waals surface area contributed by atoms with Crippen LogP contribution in [0.1, 0.15) is 93.9 Å². The lowest BCUT2D eigenvalue weighted by Gasteiger charge is -2.38. The van der Waals surface area contributed by atoms with Crippen molar-refractivity contribution in [2.24, 2.45) is 10.8 Å². The van der Waals surface area contributed by atoms with Crippen molar-refractivity contribution in [1.29, 1.82) is 0 Å². The molecular formula is C51H67ClN10O10S. The molecule has 2 aliphatic carbocycles. The lowest BCUT2D eigenvalue weighted by Crippen LogP contribution is -2.57. The Bertz CT molecular complexity index is 2650. The molecule has 4 aromatic rings. The van der Waals surface area contributed by atoms with E-state index in [0.717, 1.165) is 34.5 Å². The van der Waals surface area contributed by atoms with E-state index in [0.29, 0.717) is 76.1 Å². The van der Waals surface area contributed by atoms with E-state index in [9.17, 15) is 29.1 Å². The van der Waals surface area contributed by atoms with Gasteiger partial charge in [0.1, 0.15) is 47.1 Å². The molecule has 2 spiro atoms. The number of amides is 4. The van der Waals surface area contributed by atoms with Crippen molar-refractivity contribution in [3.8, 4) is 10.4 Å². The third-order valence-electron chi connectivity index (χ3n) is 14.0. The van der Waals surface area contributed by atoms with Gasteiger partial charge < -0.3 is 55.5 Å². The summed E-state index contributed by atoms with van der Waals surface area (Å²) in [6, 6.07) is 9.20. The Labute approximate surface area is 433 Å². The first-order valence-electron chi connectivity index (χ1n) is 25.0. The zero-order valence-electron chi connectivity index (χ0n) is 41.9. The highest BCUT2D eigenvalue weighted by atomic mass is 35.5. The molecule has 394 valence electrons. The van der Waals surface area contributed by atoms with Crippen LogP contribution in [-0.4, -0.2) is 137 Å².